The van der Waals surface area contributed by atoms with Crippen molar-refractivity contribution in [1.29, 1.82) is 0 Å². The van der Waals surface area contributed by atoms with Crippen LogP contribution in [0.25, 0.3) is 0 Å². The van der Waals surface area contributed by atoms with Crippen molar-refractivity contribution < 1.29 is 10.2 Å². The van der Waals surface area contributed by atoms with Crippen molar-refractivity contribution in [3.05, 3.63) is 0 Å². The summed E-state index contributed by atoms with van der Waals surface area (Å²) in [6, 6.07) is 0. The Morgan fingerprint density at radius 3 is 2.15 bits per heavy atom. The van der Waals surface area contributed by atoms with Crippen LogP contribution in [-0.4, -0.2) is 42.2 Å². The zero-order valence-corrected chi connectivity index (χ0v) is 11.3. The van der Waals surface area contributed by atoms with E-state index in [1.165, 1.54) is 23.3 Å². The van der Waals surface area contributed by atoms with E-state index in [2.05, 4.69) is 13.8 Å². The second kappa shape index (κ2) is 9.39. The Labute approximate surface area is 89.4 Å². The van der Waals surface area contributed by atoms with E-state index in [9.17, 15) is 5.11 Å². The minimum absolute atomic E-state index is 0.0898. The van der Waals surface area contributed by atoms with E-state index in [1.54, 1.807) is 0 Å². The van der Waals surface area contributed by atoms with Crippen molar-refractivity contribution in [2.45, 2.75) is 43.2 Å². The molecule has 0 aromatic heterocycles. The van der Waals surface area contributed by atoms with Crippen LogP contribution in [0.2, 0.25) is 10.4 Å². The van der Waals surface area contributed by atoms with Gasteiger partial charge in [0.1, 0.15) is 0 Å². The normalized spacial score (nSPS) is 13.6. The van der Waals surface area contributed by atoms with E-state index in [0.717, 1.165) is 5.75 Å². The summed E-state index contributed by atoms with van der Waals surface area (Å²) >= 11 is -0.724. The van der Waals surface area contributed by atoms with Gasteiger partial charge in [0.15, 0.2) is 0 Å². The Kier molecular flexibility index (Phi) is 9.98. The first-order chi connectivity index (χ1) is 6.24. The fourth-order valence-corrected chi connectivity index (χ4v) is 10.2. The van der Waals surface area contributed by atoms with Gasteiger partial charge < -0.3 is 0 Å². The molecule has 0 bridgehead atoms. The van der Waals surface area contributed by atoms with Crippen LogP contribution in [0.3, 0.4) is 0 Å². The molecule has 0 fully saturated rings. The molecule has 0 radical (unpaired) electrons. The van der Waals surface area contributed by atoms with Gasteiger partial charge in [0.2, 0.25) is 0 Å². The summed E-state index contributed by atoms with van der Waals surface area (Å²) in [5, 5.41) is 20.6. The number of hydrogen-bond acceptors (Lipinski definition) is 3. The van der Waals surface area contributed by atoms with Gasteiger partial charge in [0.05, 0.1) is 0 Å². The number of rotatable bonds is 8. The topological polar surface area (TPSA) is 40.5 Å². The van der Waals surface area contributed by atoms with E-state index in [-0.39, 0.29) is 6.61 Å². The van der Waals surface area contributed by atoms with Crippen molar-refractivity contribution in [2.24, 2.45) is 0 Å². The average molecular weight is 268 g/mol. The van der Waals surface area contributed by atoms with Crippen LogP contribution < -0.4 is 0 Å². The quantitative estimate of drug-likeness (QED) is 0.660. The van der Waals surface area contributed by atoms with E-state index in [0.29, 0.717) is 0 Å². The van der Waals surface area contributed by atoms with Gasteiger partial charge in [-0.15, -0.1) is 0 Å². The predicted octanol–water partition coefficient (Wildman–Crippen LogP) is 1.88. The van der Waals surface area contributed by atoms with Crippen LogP contribution in [0.15, 0.2) is 0 Å². The van der Waals surface area contributed by atoms with E-state index >= 15 is 0 Å². The van der Waals surface area contributed by atoms with Gasteiger partial charge in [0, 0.05) is 0 Å². The Balaban J connectivity index is 3.55. The first-order valence-corrected chi connectivity index (χ1v) is 10.8. The fourth-order valence-electron chi connectivity index (χ4n) is 0.984. The third-order valence-electron chi connectivity index (χ3n) is 1.61. The van der Waals surface area contributed by atoms with Gasteiger partial charge in [0.25, 0.3) is 0 Å². The van der Waals surface area contributed by atoms with Crippen LogP contribution in [0, 0.1) is 0 Å². The van der Waals surface area contributed by atoms with Gasteiger partial charge in [-0.3, -0.25) is 0 Å². The molecule has 0 aliphatic carbocycles. The Morgan fingerprint density at radius 1 is 1.23 bits per heavy atom. The molecule has 0 saturated heterocycles. The summed E-state index contributed by atoms with van der Waals surface area (Å²) in [6.45, 7) is 4.36. The fraction of sp³-hybridized carbons (Fsp3) is 1.00. The molecule has 4 heteroatoms. The monoisotopic (exact) mass is 268 g/mol. The molecule has 0 aliphatic heterocycles. The minimum atomic E-state index is -0.724. The summed E-state index contributed by atoms with van der Waals surface area (Å²) < 4.78 is 0. The van der Waals surface area contributed by atoms with Crippen molar-refractivity contribution in [2.75, 3.05) is 12.4 Å². The molecule has 0 rings (SSSR count). The Bertz CT molecular complexity index is 108. The number of aliphatic hydroxyl groups is 2. The Morgan fingerprint density at radius 2 is 1.77 bits per heavy atom. The van der Waals surface area contributed by atoms with Crippen LogP contribution in [0.1, 0.15) is 26.7 Å². The van der Waals surface area contributed by atoms with Crippen LogP contribution in [0.4, 0.5) is 0 Å². The molecule has 0 aliphatic rings. The first kappa shape index (κ1) is 13.8. The summed E-state index contributed by atoms with van der Waals surface area (Å²) in [6.07, 6.45) is 2.03. The zero-order valence-electron chi connectivity index (χ0n) is 8.57. The number of aliphatic hydroxyl groups excluding tert-OH is 2. The molecule has 2 N–H and O–H groups in total. The van der Waals surface area contributed by atoms with Gasteiger partial charge >= 0.3 is 89.3 Å². The summed E-state index contributed by atoms with van der Waals surface area (Å²) in [5.41, 5.74) is 0. The van der Waals surface area contributed by atoms with Crippen LogP contribution in [0.5, 0.6) is 0 Å². The number of hydrogen-bond donors (Lipinski definition) is 2. The standard InChI is InChI=1S/C9H21AsO2S/c1-3-5-10(6-4-2)13-8-9(12)7-11/h9,11-12H,3-8H2,1-2H3. The molecule has 0 aromatic carbocycles. The molecular formula is C9H21AsO2S. The first-order valence-electron chi connectivity index (χ1n) is 4.91. The second-order valence-electron chi connectivity index (χ2n) is 3.06. The maximum absolute atomic E-state index is 9.20. The third-order valence-corrected chi connectivity index (χ3v) is 11.6. The maximum atomic E-state index is 9.20. The average Bonchev–Trinajstić information content (AvgIpc) is 2.14. The van der Waals surface area contributed by atoms with Crippen LogP contribution >= 0.6 is 10.0 Å². The molecule has 1 unspecified atom stereocenters. The molecule has 0 heterocycles. The predicted molar refractivity (Wildman–Crippen MR) is 61.5 cm³/mol. The Hall–Kier alpha value is 0.828. The molecular weight excluding hydrogens is 247 g/mol. The van der Waals surface area contributed by atoms with Crippen molar-refractivity contribution in [3.63, 3.8) is 0 Å². The van der Waals surface area contributed by atoms with Crippen molar-refractivity contribution in [3.8, 4) is 0 Å². The molecule has 2 nitrogen and oxygen atoms in total. The van der Waals surface area contributed by atoms with Gasteiger partial charge in [-0.05, 0) is 0 Å². The summed E-state index contributed by atoms with van der Waals surface area (Å²) in [7, 11) is 1.94. The SMILES string of the molecule is CCC[As](CCC)SCC(O)CO. The molecule has 13 heavy (non-hydrogen) atoms. The summed E-state index contributed by atoms with van der Waals surface area (Å²) in [5.74, 6) is 0.733. The van der Waals surface area contributed by atoms with Gasteiger partial charge in [-0.25, -0.2) is 0 Å². The molecule has 0 amide bonds. The van der Waals surface area contributed by atoms with E-state index < -0.39 is 19.6 Å². The van der Waals surface area contributed by atoms with Crippen molar-refractivity contribution in [1.82, 2.24) is 0 Å². The summed E-state index contributed by atoms with van der Waals surface area (Å²) in [4.78, 5) is 0. The van der Waals surface area contributed by atoms with Crippen molar-refractivity contribution >= 4 is 23.5 Å². The zero-order chi connectivity index (χ0) is 10.1. The van der Waals surface area contributed by atoms with E-state index in [4.69, 9.17) is 5.11 Å². The molecule has 80 valence electrons. The molecule has 1 atom stereocenters. The van der Waals surface area contributed by atoms with Crippen LogP contribution in [-0.2, 0) is 0 Å². The second-order valence-corrected chi connectivity index (χ2v) is 11.9. The van der Waals surface area contributed by atoms with Gasteiger partial charge in [-0.2, -0.15) is 0 Å². The molecule has 0 spiro atoms. The third kappa shape index (κ3) is 7.87. The van der Waals surface area contributed by atoms with E-state index in [1.807, 2.05) is 10.0 Å². The molecule has 0 saturated carbocycles. The molecule has 0 aromatic rings. The van der Waals surface area contributed by atoms with Gasteiger partial charge in [-0.1, -0.05) is 0 Å².